The Morgan fingerprint density at radius 2 is 0.857 bits per heavy atom. The van der Waals surface area contributed by atoms with E-state index in [4.69, 9.17) is 0 Å². The van der Waals surface area contributed by atoms with E-state index in [1.807, 2.05) is 6.08 Å². The number of unbranched alkanes of at least 4 members (excludes halogenated alkanes) is 2. The van der Waals surface area contributed by atoms with Crippen LogP contribution in [0.1, 0.15) is 26.2 Å². The first-order chi connectivity index (χ1) is 8.91. The van der Waals surface area contributed by atoms with Gasteiger partial charge in [-0.3, -0.25) is 0 Å². The van der Waals surface area contributed by atoms with Crippen LogP contribution in [0.4, 0.5) is 51.8 Å². The Labute approximate surface area is 113 Å². The van der Waals surface area contributed by atoms with E-state index in [0.29, 0.717) is 0 Å². The van der Waals surface area contributed by atoms with E-state index in [0.717, 1.165) is 0 Å². The fourth-order valence-electron chi connectivity index (χ4n) is 0.348. The molecule has 0 aliphatic rings. The highest BCUT2D eigenvalue weighted by atomic mass is 19.5. The molecule has 0 aromatic rings. The molecule has 0 N–H and O–H groups in total. The van der Waals surface area contributed by atoms with Gasteiger partial charge in [-0.05, 0) is 6.42 Å². The third-order valence-corrected chi connectivity index (χ3v) is 0.762. The molecule has 0 saturated heterocycles. The summed E-state index contributed by atoms with van der Waals surface area (Å²) in [5, 5.41) is 0. The molecule has 15 heteroatoms. The highest BCUT2D eigenvalue weighted by molar-refractivity contribution is 6.50. The van der Waals surface area contributed by atoms with Gasteiger partial charge in [0.1, 0.15) is 0 Å². The molecule has 0 rings (SSSR count). The van der Waals surface area contributed by atoms with Gasteiger partial charge in [0.05, 0.1) is 0 Å². The topological polar surface area (TPSA) is 0 Å². The van der Waals surface area contributed by atoms with Crippen LogP contribution in [-0.4, -0.2) is 21.8 Å². The Morgan fingerprint density at radius 1 is 0.667 bits per heavy atom. The van der Waals surface area contributed by atoms with Crippen molar-refractivity contribution in [2.24, 2.45) is 0 Å². The van der Waals surface area contributed by atoms with Crippen LogP contribution in [-0.2, 0) is 0 Å². The number of hydrogen-bond donors (Lipinski definition) is 0. The minimum atomic E-state index is -6.00. The predicted octanol–water partition coefficient (Wildman–Crippen LogP) is 6.26. The first-order valence-electron chi connectivity index (χ1n) is 5.14. The van der Waals surface area contributed by atoms with Crippen molar-refractivity contribution >= 4 is 21.8 Å². The molecule has 0 bridgehead atoms. The van der Waals surface area contributed by atoms with Gasteiger partial charge in [0.2, 0.25) is 0 Å². The monoisotopic (exact) mass is 345 g/mol. The molecule has 0 saturated carbocycles. The van der Waals surface area contributed by atoms with Crippen LogP contribution in [0.3, 0.4) is 0 Å². The first kappa shape index (κ1) is 28.3. The van der Waals surface area contributed by atoms with Crippen LogP contribution in [0.25, 0.3) is 0 Å². The summed E-state index contributed by atoms with van der Waals surface area (Å²) in [4.78, 5) is 0. The van der Waals surface area contributed by atoms with E-state index in [2.05, 4.69) is 13.5 Å². The highest BCUT2D eigenvalue weighted by Gasteiger charge is 2.21. The number of hydrogen-bond acceptors (Lipinski definition) is 0. The van der Waals surface area contributed by atoms with E-state index in [-0.39, 0.29) is 0 Å². The van der Waals surface area contributed by atoms with E-state index in [9.17, 15) is 51.8 Å². The molecule has 0 radical (unpaired) electrons. The molecule has 0 fully saturated rings. The van der Waals surface area contributed by atoms with E-state index in [1.165, 1.54) is 19.3 Å². The molecule has 0 aromatic carbocycles. The zero-order valence-electron chi connectivity index (χ0n) is 10.7. The second kappa shape index (κ2) is 14.0. The van der Waals surface area contributed by atoms with Crippen LogP contribution < -0.4 is 0 Å². The lowest BCUT2D eigenvalue weighted by Gasteiger charge is -1.94. The van der Waals surface area contributed by atoms with Crippen molar-refractivity contribution in [1.29, 1.82) is 0 Å². The Bertz CT molecular complexity index is 172. The lowest BCUT2D eigenvalue weighted by atomic mass is 10.3. The molecule has 0 atom stereocenters. The van der Waals surface area contributed by atoms with Crippen molar-refractivity contribution in [3.63, 3.8) is 0 Å². The summed E-state index contributed by atoms with van der Waals surface area (Å²) in [5.41, 5.74) is 0. The van der Waals surface area contributed by atoms with Crippen molar-refractivity contribution < 1.29 is 51.8 Å². The summed E-state index contributed by atoms with van der Waals surface area (Å²) >= 11 is 0. The van der Waals surface area contributed by atoms with E-state index < -0.39 is 21.8 Å². The summed E-state index contributed by atoms with van der Waals surface area (Å²) in [6.07, 6.45) is 5.72. The standard InChI is InChI=1S/C6H12.3BF4/c1-3-5-6-4-2;3*2-1(3,4)5/h3H,1,4-6H2,2H3;;;/q;3*-1. The van der Waals surface area contributed by atoms with Gasteiger partial charge in [0, 0.05) is 0 Å². The van der Waals surface area contributed by atoms with Gasteiger partial charge >= 0.3 is 21.8 Å². The van der Waals surface area contributed by atoms with Gasteiger partial charge in [0.15, 0.2) is 0 Å². The average molecular weight is 345 g/mol. The first-order valence-corrected chi connectivity index (χ1v) is 5.14. The fourth-order valence-corrected chi connectivity index (χ4v) is 0.348. The minimum absolute atomic E-state index is 1.18. The Kier molecular flexibility index (Phi) is 18.9. The maximum Gasteiger partial charge on any atom is 0.673 e. The average Bonchev–Trinajstić information content (AvgIpc) is 2.06. The van der Waals surface area contributed by atoms with E-state index in [1.54, 1.807) is 0 Å². The summed E-state index contributed by atoms with van der Waals surface area (Å²) in [7, 11) is -18.0. The molecular weight excluding hydrogens is 332 g/mol. The molecule has 0 amide bonds. The van der Waals surface area contributed by atoms with Gasteiger partial charge in [0.25, 0.3) is 0 Å². The Morgan fingerprint density at radius 3 is 0.905 bits per heavy atom. The zero-order valence-corrected chi connectivity index (χ0v) is 10.7. The number of rotatable bonds is 3. The number of allylic oxidation sites excluding steroid dienone is 1. The summed E-state index contributed by atoms with van der Waals surface area (Å²) in [5.74, 6) is 0. The molecule has 132 valence electrons. The lowest BCUT2D eigenvalue weighted by molar-refractivity contribution is 0.366. The van der Waals surface area contributed by atoms with Crippen molar-refractivity contribution in [2.45, 2.75) is 26.2 Å². The van der Waals surface area contributed by atoms with Gasteiger partial charge < -0.3 is 51.8 Å². The second-order valence-corrected chi connectivity index (χ2v) is 2.92. The minimum Gasteiger partial charge on any atom is -0.418 e. The quantitative estimate of drug-likeness (QED) is 0.245. The van der Waals surface area contributed by atoms with Crippen molar-refractivity contribution in [3.05, 3.63) is 12.7 Å². The van der Waals surface area contributed by atoms with Crippen LogP contribution in [0.15, 0.2) is 12.7 Å². The van der Waals surface area contributed by atoms with Crippen molar-refractivity contribution in [3.8, 4) is 0 Å². The SMILES string of the molecule is C=CCCCC.F[B-](F)(F)F.F[B-](F)(F)F.F[B-](F)(F)F. The fraction of sp³-hybridized carbons (Fsp3) is 0.667. The maximum atomic E-state index is 9.75. The maximum absolute atomic E-state index is 9.75. The van der Waals surface area contributed by atoms with Crippen LogP contribution in [0.5, 0.6) is 0 Å². The summed E-state index contributed by atoms with van der Waals surface area (Å²) in [6.45, 7) is 5.78. The normalized spacial score (nSPS) is 10.9. The van der Waals surface area contributed by atoms with Gasteiger partial charge in [-0.1, -0.05) is 25.8 Å². The Balaban J connectivity index is -0.0000000921. The molecular formula is C6H12B3F12-3. The molecule has 21 heavy (non-hydrogen) atoms. The molecule has 0 nitrogen and oxygen atoms in total. The molecule has 0 aliphatic carbocycles. The third-order valence-electron chi connectivity index (χ3n) is 0.762. The second-order valence-electron chi connectivity index (χ2n) is 2.92. The van der Waals surface area contributed by atoms with Crippen molar-refractivity contribution in [2.75, 3.05) is 0 Å². The molecule has 0 heterocycles. The molecule has 0 aliphatic heterocycles. The van der Waals surface area contributed by atoms with Gasteiger partial charge in [-0.25, -0.2) is 0 Å². The lowest BCUT2D eigenvalue weighted by Crippen LogP contribution is -2.02. The van der Waals surface area contributed by atoms with Crippen LogP contribution in [0.2, 0.25) is 0 Å². The molecule has 0 unspecified atom stereocenters. The molecule has 0 spiro atoms. The molecule has 0 aromatic heterocycles. The summed E-state index contributed by atoms with van der Waals surface area (Å²) < 4.78 is 117. The van der Waals surface area contributed by atoms with Gasteiger partial charge in [-0.15, -0.1) is 6.58 Å². The largest absolute Gasteiger partial charge is 0.673 e. The van der Waals surface area contributed by atoms with Gasteiger partial charge in [-0.2, -0.15) is 0 Å². The predicted molar refractivity (Wildman–Crippen MR) is 60.3 cm³/mol. The Hall–Kier alpha value is -0.905. The van der Waals surface area contributed by atoms with Crippen LogP contribution >= 0.6 is 0 Å². The van der Waals surface area contributed by atoms with Crippen LogP contribution in [0, 0.1) is 0 Å². The zero-order chi connectivity index (χ0) is 18.3. The van der Waals surface area contributed by atoms with Crippen molar-refractivity contribution in [1.82, 2.24) is 0 Å². The van der Waals surface area contributed by atoms with E-state index >= 15 is 0 Å². The highest BCUT2D eigenvalue weighted by Crippen LogP contribution is 2.07. The smallest absolute Gasteiger partial charge is 0.418 e. The third kappa shape index (κ3) is 1270. The number of halogens is 12. The summed E-state index contributed by atoms with van der Waals surface area (Å²) in [6, 6.07) is 0.